The average molecular weight is 367 g/mol. The van der Waals surface area contributed by atoms with E-state index in [-0.39, 0.29) is 11.9 Å². The van der Waals surface area contributed by atoms with Gasteiger partial charge in [0, 0.05) is 45.1 Å². The molecule has 7 nitrogen and oxygen atoms in total. The lowest BCUT2D eigenvalue weighted by Gasteiger charge is -2.38. The predicted molar refractivity (Wildman–Crippen MR) is 103 cm³/mol. The van der Waals surface area contributed by atoms with Gasteiger partial charge in [0.1, 0.15) is 6.04 Å². The van der Waals surface area contributed by atoms with Crippen molar-refractivity contribution in [2.45, 2.75) is 19.5 Å². The summed E-state index contributed by atoms with van der Waals surface area (Å²) in [4.78, 5) is 32.3. The molecule has 1 fully saturated rings. The van der Waals surface area contributed by atoms with Gasteiger partial charge >= 0.3 is 6.03 Å². The van der Waals surface area contributed by atoms with Crippen LogP contribution < -0.4 is 11.1 Å². The highest BCUT2D eigenvalue weighted by Gasteiger charge is 2.30. The van der Waals surface area contributed by atoms with Crippen LogP contribution in [-0.2, 0) is 11.3 Å². The van der Waals surface area contributed by atoms with E-state index in [0.717, 1.165) is 16.7 Å². The van der Waals surface area contributed by atoms with E-state index in [4.69, 9.17) is 5.73 Å². The van der Waals surface area contributed by atoms with Crippen molar-refractivity contribution in [3.63, 3.8) is 0 Å². The maximum absolute atomic E-state index is 12.4. The number of urea groups is 1. The third kappa shape index (κ3) is 4.62. The molecule has 0 bridgehead atoms. The van der Waals surface area contributed by atoms with Crippen LogP contribution in [0.5, 0.6) is 0 Å². The van der Waals surface area contributed by atoms with Crippen molar-refractivity contribution in [3.05, 3.63) is 65.5 Å². The van der Waals surface area contributed by atoms with Crippen LogP contribution in [0.3, 0.4) is 0 Å². The summed E-state index contributed by atoms with van der Waals surface area (Å²) in [6.45, 7) is 4.74. The highest BCUT2D eigenvalue weighted by Crippen LogP contribution is 2.21. The number of pyridine rings is 1. The van der Waals surface area contributed by atoms with E-state index in [1.807, 2.05) is 48.2 Å². The number of hydrogen-bond acceptors (Lipinski definition) is 4. The van der Waals surface area contributed by atoms with Crippen molar-refractivity contribution in [3.8, 4) is 0 Å². The zero-order valence-electron chi connectivity index (χ0n) is 15.5. The first-order valence-corrected chi connectivity index (χ1v) is 9.07. The summed E-state index contributed by atoms with van der Waals surface area (Å²) in [5.74, 6) is -0.369. The third-order valence-corrected chi connectivity index (χ3v) is 4.93. The summed E-state index contributed by atoms with van der Waals surface area (Å²) in [5.41, 5.74) is 8.63. The largest absolute Gasteiger partial charge is 0.368 e. The fourth-order valence-electron chi connectivity index (χ4n) is 3.34. The van der Waals surface area contributed by atoms with Gasteiger partial charge in [0.2, 0.25) is 5.91 Å². The van der Waals surface area contributed by atoms with Gasteiger partial charge in [-0.25, -0.2) is 4.79 Å². The summed E-state index contributed by atoms with van der Waals surface area (Å²) < 4.78 is 0. The minimum Gasteiger partial charge on any atom is -0.368 e. The number of nitrogens with zero attached hydrogens (tertiary/aromatic N) is 3. The number of nitrogens with two attached hydrogens (primary N) is 1. The van der Waals surface area contributed by atoms with Gasteiger partial charge < -0.3 is 16.0 Å². The summed E-state index contributed by atoms with van der Waals surface area (Å²) in [7, 11) is 0. The molecule has 0 saturated carbocycles. The molecule has 3 N–H and O–H groups in total. The van der Waals surface area contributed by atoms with Gasteiger partial charge in [-0.1, -0.05) is 30.3 Å². The van der Waals surface area contributed by atoms with Crippen molar-refractivity contribution in [2.75, 3.05) is 26.2 Å². The van der Waals surface area contributed by atoms with Crippen molar-refractivity contribution < 1.29 is 9.59 Å². The van der Waals surface area contributed by atoms with Crippen molar-refractivity contribution in [2.24, 2.45) is 5.73 Å². The number of nitrogens with one attached hydrogen (secondary N) is 1. The molecule has 1 atom stereocenters. The Morgan fingerprint density at radius 2 is 1.85 bits per heavy atom. The lowest BCUT2D eigenvalue weighted by atomic mass is 10.0. The zero-order valence-corrected chi connectivity index (χ0v) is 15.5. The number of hydrogen-bond donors (Lipinski definition) is 2. The Morgan fingerprint density at radius 1 is 1.15 bits per heavy atom. The Morgan fingerprint density at radius 3 is 2.48 bits per heavy atom. The van der Waals surface area contributed by atoms with Crippen LogP contribution in [0.15, 0.2) is 48.8 Å². The molecule has 1 aliphatic rings. The standard InChI is InChI=1S/C20H25N5O2/c1-15-7-8-22-13-17(15)14-23-20(27)25-11-9-24(10-12-25)18(19(21)26)16-5-3-2-4-6-16/h2-8,13,18H,9-12,14H2,1H3,(H2,21,26)(H,23,27). The smallest absolute Gasteiger partial charge is 0.317 e. The van der Waals surface area contributed by atoms with E-state index in [2.05, 4.69) is 10.3 Å². The number of aryl methyl sites for hydroxylation is 1. The Balaban J connectivity index is 1.55. The lowest BCUT2D eigenvalue weighted by Crippen LogP contribution is -2.53. The molecule has 7 heteroatoms. The SMILES string of the molecule is Cc1ccncc1CNC(=O)N1CCN(C(C(N)=O)c2ccccc2)CC1. The first-order valence-electron chi connectivity index (χ1n) is 9.07. The first kappa shape index (κ1) is 18.8. The van der Waals surface area contributed by atoms with Crippen molar-refractivity contribution >= 4 is 11.9 Å². The third-order valence-electron chi connectivity index (χ3n) is 4.93. The maximum Gasteiger partial charge on any atom is 0.317 e. The Labute approximate surface area is 159 Å². The second kappa shape index (κ2) is 8.64. The maximum atomic E-state index is 12.4. The molecule has 1 saturated heterocycles. The summed E-state index contributed by atoms with van der Waals surface area (Å²) in [6, 6.07) is 10.9. The molecule has 1 unspecified atom stereocenters. The Bertz CT molecular complexity index is 788. The molecule has 27 heavy (non-hydrogen) atoms. The molecular weight excluding hydrogens is 342 g/mol. The molecule has 2 aromatic rings. The van der Waals surface area contributed by atoms with Crippen LogP contribution in [0.25, 0.3) is 0 Å². The first-order chi connectivity index (χ1) is 13.1. The van der Waals surface area contributed by atoms with Gasteiger partial charge in [0.05, 0.1) is 0 Å². The Hall–Kier alpha value is -2.93. The highest BCUT2D eigenvalue weighted by atomic mass is 16.2. The van der Waals surface area contributed by atoms with E-state index in [9.17, 15) is 9.59 Å². The number of carbonyl (C=O) groups is 2. The number of aromatic nitrogens is 1. The van der Waals surface area contributed by atoms with Crippen LogP contribution in [0.2, 0.25) is 0 Å². The number of amides is 3. The van der Waals surface area contributed by atoms with Crippen molar-refractivity contribution in [1.29, 1.82) is 0 Å². The highest BCUT2D eigenvalue weighted by molar-refractivity contribution is 5.81. The van der Waals surface area contributed by atoms with Gasteiger partial charge in [-0.2, -0.15) is 0 Å². The number of carbonyl (C=O) groups excluding carboxylic acids is 2. The number of rotatable bonds is 5. The summed E-state index contributed by atoms with van der Waals surface area (Å²) >= 11 is 0. The molecule has 142 valence electrons. The normalized spacial score (nSPS) is 16.0. The molecular formula is C20H25N5O2. The van der Waals surface area contributed by atoms with E-state index in [1.54, 1.807) is 17.3 Å². The number of benzene rings is 1. The minimum atomic E-state index is -0.463. The van der Waals surface area contributed by atoms with Gasteiger partial charge in [-0.15, -0.1) is 0 Å². The molecule has 3 amide bonds. The fraction of sp³-hybridized carbons (Fsp3) is 0.350. The van der Waals surface area contributed by atoms with Crippen LogP contribution >= 0.6 is 0 Å². The molecule has 0 radical (unpaired) electrons. The average Bonchev–Trinajstić information content (AvgIpc) is 2.68. The summed E-state index contributed by atoms with van der Waals surface area (Å²) in [5, 5.41) is 2.94. The molecule has 1 aromatic heterocycles. The lowest BCUT2D eigenvalue weighted by molar-refractivity contribution is -0.124. The van der Waals surface area contributed by atoms with Crippen LogP contribution in [0.1, 0.15) is 22.7 Å². The minimum absolute atomic E-state index is 0.103. The molecule has 3 rings (SSSR count). The summed E-state index contributed by atoms with van der Waals surface area (Å²) in [6.07, 6.45) is 3.51. The fourth-order valence-corrected chi connectivity index (χ4v) is 3.34. The molecule has 1 aliphatic heterocycles. The van der Waals surface area contributed by atoms with Crippen LogP contribution in [0, 0.1) is 6.92 Å². The number of piperazine rings is 1. The predicted octanol–water partition coefficient (Wildman–Crippen LogP) is 1.44. The molecule has 0 aliphatic carbocycles. The quantitative estimate of drug-likeness (QED) is 0.837. The van der Waals surface area contributed by atoms with Gasteiger partial charge in [0.15, 0.2) is 0 Å². The van der Waals surface area contributed by atoms with E-state index >= 15 is 0 Å². The topological polar surface area (TPSA) is 91.6 Å². The number of primary amides is 1. The van der Waals surface area contributed by atoms with Gasteiger partial charge in [-0.3, -0.25) is 14.7 Å². The van der Waals surface area contributed by atoms with Crippen LogP contribution in [0.4, 0.5) is 4.79 Å². The van der Waals surface area contributed by atoms with Crippen LogP contribution in [-0.4, -0.2) is 52.9 Å². The second-order valence-corrected chi connectivity index (χ2v) is 6.70. The molecule has 2 heterocycles. The van der Waals surface area contributed by atoms with E-state index < -0.39 is 6.04 Å². The molecule has 1 aromatic carbocycles. The van der Waals surface area contributed by atoms with E-state index in [1.165, 1.54) is 0 Å². The monoisotopic (exact) mass is 367 g/mol. The second-order valence-electron chi connectivity index (χ2n) is 6.70. The Kier molecular flexibility index (Phi) is 6.03. The zero-order chi connectivity index (χ0) is 19.2. The molecule has 0 spiro atoms. The van der Waals surface area contributed by atoms with Gasteiger partial charge in [-0.05, 0) is 29.7 Å². The van der Waals surface area contributed by atoms with Gasteiger partial charge in [0.25, 0.3) is 0 Å². The van der Waals surface area contributed by atoms with E-state index in [0.29, 0.717) is 32.7 Å². The van der Waals surface area contributed by atoms with Crippen molar-refractivity contribution in [1.82, 2.24) is 20.1 Å².